The smallest absolute Gasteiger partial charge is 0.325 e. The number of piperidine rings is 1. The van der Waals surface area contributed by atoms with E-state index in [9.17, 15) is 4.79 Å². The van der Waals surface area contributed by atoms with Gasteiger partial charge in [0.15, 0.2) is 0 Å². The minimum absolute atomic E-state index is 0.0634. The lowest BCUT2D eigenvalue weighted by atomic mass is 9.95. The number of nitrogens with zero attached hydrogens (tertiary/aromatic N) is 1. The molecule has 2 rings (SSSR count). The van der Waals surface area contributed by atoms with Gasteiger partial charge in [-0.1, -0.05) is 0 Å². The van der Waals surface area contributed by atoms with E-state index in [1.165, 1.54) is 12.8 Å². The Morgan fingerprint density at radius 1 is 1.40 bits per heavy atom. The van der Waals surface area contributed by atoms with Crippen LogP contribution in [-0.2, 0) is 9.63 Å². The zero-order valence-corrected chi connectivity index (χ0v) is 9.21. The van der Waals surface area contributed by atoms with Crippen molar-refractivity contribution in [3.63, 3.8) is 0 Å². The third-order valence-electron chi connectivity index (χ3n) is 3.26. The quantitative estimate of drug-likeness (QED) is 0.755. The Kier molecular flexibility index (Phi) is 3.97. The third kappa shape index (κ3) is 3.47. The van der Waals surface area contributed by atoms with Crippen molar-refractivity contribution >= 4 is 5.97 Å². The van der Waals surface area contributed by atoms with Gasteiger partial charge in [-0.25, -0.2) is 0 Å². The fourth-order valence-corrected chi connectivity index (χ4v) is 2.29. The molecular formula is C11H20N2O2. The molecule has 0 unspecified atom stereocenters. The maximum Gasteiger partial charge on any atom is 0.325 e. The highest BCUT2D eigenvalue weighted by molar-refractivity contribution is 5.69. The lowest BCUT2D eigenvalue weighted by Gasteiger charge is -2.28. The lowest BCUT2D eigenvalue weighted by Crippen LogP contribution is -2.36. The van der Waals surface area contributed by atoms with Gasteiger partial charge in [-0.3, -0.25) is 4.79 Å². The predicted octanol–water partition coefficient (Wildman–Crippen LogP) is 0.930. The Balaban J connectivity index is 1.65. The second kappa shape index (κ2) is 5.47. The average Bonchev–Trinajstić information content (AvgIpc) is 2.28. The van der Waals surface area contributed by atoms with Gasteiger partial charge in [0.25, 0.3) is 0 Å². The molecule has 86 valence electrons. The number of carbonyl (C=O) groups excluding carboxylic acids is 1. The van der Waals surface area contributed by atoms with Crippen LogP contribution in [0, 0.1) is 5.92 Å². The summed E-state index contributed by atoms with van der Waals surface area (Å²) in [5.74, 6) is 0.749. The van der Waals surface area contributed by atoms with Gasteiger partial charge in [-0.15, -0.1) is 5.06 Å². The van der Waals surface area contributed by atoms with Gasteiger partial charge in [0, 0.05) is 19.5 Å². The molecule has 0 radical (unpaired) electrons. The van der Waals surface area contributed by atoms with Crippen molar-refractivity contribution in [3.05, 3.63) is 0 Å². The molecule has 2 saturated heterocycles. The molecule has 2 aliphatic rings. The molecule has 2 fully saturated rings. The Hall–Kier alpha value is -0.610. The van der Waals surface area contributed by atoms with Crippen LogP contribution in [0.5, 0.6) is 0 Å². The summed E-state index contributed by atoms with van der Waals surface area (Å²) in [6, 6.07) is 0. The van der Waals surface area contributed by atoms with Crippen molar-refractivity contribution in [2.45, 2.75) is 32.1 Å². The van der Waals surface area contributed by atoms with Crippen molar-refractivity contribution in [1.29, 1.82) is 0 Å². The Bertz CT molecular complexity index is 215. The number of rotatable bonds is 3. The van der Waals surface area contributed by atoms with Crippen LogP contribution in [0.15, 0.2) is 0 Å². The summed E-state index contributed by atoms with van der Waals surface area (Å²) in [5.41, 5.74) is 0. The van der Waals surface area contributed by atoms with E-state index >= 15 is 0 Å². The van der Waals surface area contributed by atoms with Crippen molar-refractivity contribution in [1.82, 2.24) is 10.4 Å². The second-order valence-corrected chi connectivity index (χ2v) is 4.48. The lowest BCUT2D eigenvalue weighted by molar-refractivity contribution is -0.201. The molecule has 2 aliphatic heterocycles. The Labute approximate surface area is 90.9 Å². The highest BCUT2D eigenvalue weighted by Crippen LogP contribution is 2.17. The van der Waals surface area contributed by atoms with Gasteiger partial charge >= 0.3 is 5.97 Å². The van der Waals surface area contributed by atoms with Gasteiger partial charge in [-0.05, 0) is 44.7 Å². The van der Waals surface area contributed by atoms with E-state index in [-0.39, 0.29) is 5.97 Å². The summed E-state index contributed by atoms with van der Waals surface area (Å²) < 4.78 is 0. The summed E-state index contributed by atoms with van der Waals surface area (Å²) in [6.45, 7) is 4.11. The third-order valence-corrected chi connectivity index (χ3v) is 3.26. The van der Waals surface area contributed by atoms with Crippen molar-refractivity contribution < 1.29 is 9.63 Å². The minimum atomic E-state index is -0.0634. The van der Waals surface area contributed by atoms with Crippen LogP contribution in [0.3, 0.4) is 0 Å². The minimum Gasteiger partial charge on any atom is -0.368 e. The molecular weight excluding hydrogens is 192 g/mol. The maximum absolute atomic E-state index is 11.1. The van der Waals surface area contributed by atoms with Crippen molar-refractivity contribution in [2.75, 3.05) is 26.2 Å². The zero-order valence-electron chi connectivity index (χ0n) is 9.21. The van der Waals surface area contributed by atoms with Crippen LogP contribution < -0.4 is 5.32 Å². The predicted molar refractivity (Wildman–Crippen MR) is 57.1 cm³/mol. The maximum atomic E-state index is 11.1. The first-order chi connectivity index (χ1) is 7.34. The normalized spacial score (nSPS) is 25.2. The number of carbonyl (C=O) groups is 1. The Morgan fingerprint density at radius 2 is 2.20 bits per heavy atom. The molecule has 15 heavy (non-hydrogen) atoms. The summed E-state index contributed by atoms with van der Waals surface area (Å²) in [5, 5.41) is 5.20. The first-order valence-corrected chi connectivity index (χ1v) is 6.01. The molecule has 2 heterocycles. The van der Waals surface area contributed by atoms with E-state index in [0.29, 0.717) is 6.42 Å². The van der Waals surface area contributed by atoms with Crippen LogP contribution in [-0.4, -0.2) is 37.2 Å². The van der Waals surface area contributed by atoms with Crippen LogP contribution in [0.2, 0.25) is 0 Å². The van der Waals surface area contributed by atoms with Gasteiger partial charge in [-0.2, -0.15) is 0 Å². The van der Waals surface area contributed by atoms with Gasteiger partial charge in [0.05, 0.1) is 0 Å². The highest BCUT2D eigenvalue weighted by atomic mass is 16.7. The van der Waals surface area contributed by atoms with Gasteiger partial charge in [0.2, 0.25) is 0 Å². The van der Waals surface area contributed by atoms with E-state index in [1.54, 1.807) is 0 Å². The summed E-state index contributed by atoms with van der Waals surface area (Å²) >= 11 is 0. The number of hydrogen-bond donors (Lipinski definition) is 1. The van der Waals surface area contributed by atoms with Crippen LogP contribution in [0.1, 0.15) is 32.1 Å². The SMILES string of the molecule is O=C1CCCN(CCC2CCNCC2)O1. The van der Waals surface area contributed by atoms with Crippen LogP contribution in [0.4, 0.5) is 0 Å². The van der Waals surface area contributed by atoms with E-state index in [1.807, 2.05) is 5.06 Å². The van der Waals surface area contributed by atoms with Gasteiger partial charge in [0.1, 0.15) is 0 Å². The summed E-state index contributed by atoms with van der Waals surface area (Å²) in [7, 11) is 0. The van der Waals surface area contributed by atoms with Crippen LogP contribution >= 0.6 is 0 Å². The standard InChI is InChI=1S/C11H20N2O2/c14-11-2-1-8-13(15-11)9-5-10-3-6-12-7-4-10/h10,12H,1-9H2. The molecule has 0 bridgehead atoms. The largest absolute Gasteiger partial charge is 0.368 e. The first-order valence-electron chi connectivity index (χ1n) is 6.01. The zero-order chi connectivity index (χ0) is 10.5. The van der Waals surface area contributed by atoms with Crippen LogP contribution in [0.25, 0.3) is 0 Å². The Morgan fingerprint density at radius 3 is 2.93 bits per heavy atom. The molecule has 4 nitrogen and oxygen atoms in total. The number of hydroxylamine groups is 2. The fraction of sp³-hybridized carbons (Fsp3) is 0.909. The molecule has 0 aromatic carbocycles. The first kappa shape index (κ1) is 10.9. The summed E-state index contributed by atoms with van der Waals surface area (Å²) in [6.07, 6.45) is 5.23. The van der Waals surface area contributed by atoms with E-state index in [0.717, 1.165) is 44.9 Å². The second-order valence-electron chi connectivity index (χ2n) is 4.48. The topological polar surface area (TPSA) is 41.6 Å². The number of nitrogens with one attached hydrogen (secondary N) is 1. The average molecular weight is 212 g/mol. The van der Waals surface area contributed by atoms with Gasteiger partial charge < -0.3 is 10.2 Å². The molecule has 0 amide bonds. The fourth-order valence-electron chi connectivity index (χ4n) is 2.29. The highest BCUT2D eigenvalue weighted by Gasteiger charge is 2.20. The van der Waals surface area contributed by atoms with E-state index in [2.05, 4.69) is 5.32 Å². The molecule has 4 heteroatoms. The molecule has 0 saturated carbocycles. The van der Waals surface area contributed by atoms with E-state index in [4.69, 9.17) is 4.84 Å². The molecule has 0 spiro atoms. The van der Waals surface area contributed by atoms with Crippen molar-refractivity contribution in [2.24, 2.45) is 5.92 Å². The molecule has 0 atom stereocenters. The monoisotopic (exact) mass is 212 g/mol. The number of hydrogen-bond acceptors (Lipinski definition) is 4. The molecule has 0 aromatic rings. The molecule has 0 aromatic heterocycles. The molecule has 0 aliphatic carbocycles. The van der Waals surface area contributed by atoms with Crippen molar-refractivity contribution in [3.8, 4) is 0 Å². The summed E-state index contributed by atoms with van der Waals surface area (Å²) in [4.78, 5) is 16.2. The van der Waals surface area contributed by atoms with E-state index < -0.39 is 0 Å². The molecule has 1 N–H and O–H groups in total.